The molecule has 1 N–H and O–H groups in total. The summed E-state index contributed by atoms with van der Waals surface area (Å²) >= 11 is 0. The average Bonchev–Trinajstić information content (AvgIpc) is 3.04. The number of hydrogen-bond donors (Lipinski definition) is 1. The third-order valence-corrected chi connectivity index (χ3v) is 5.17. The van der Waals surface area contributed by atoms with Gasteiger partial charge in [0.25, 0.3) is 0 Å². The first kappa shape index (κ1) is 21.5. The molecule has 3 nitrogen and oxygen atoms in total. The van der Waals surface area contributed by atoms with E-state index in [1.807, 2.05) is 11.8 Å². The lowest BCUT2D eigenvalue weighted by Gasteiger charge is -2.23. The summed E-state index contributed by atoms with van der Waals surface area (Å²) in [7, 11) is 0. The highest BCUT2D eigenvalue weighted by Gasteiger charge is 2.19. The largest absolute Gasteiger partial charge is 0.374 e. The Hall–Kier alpha value is -0.570. The Kier molecular flexibility index (Phi) is 13.2. The molecule has 1 heterocycles. The highest BCUT2D eigenvalue weighted by atomic mass is 16.3. The molecule has 0 saturated heterocycles. The fraction of sp³-hybridized carbons (Fsp3) is 0.952. The average molecular weight is 339 g/mol. The highest BCUT2D eigenvalue weighted by molar-refractivity contribution is 5.83. The van der Waals surface area contributed by atoms with E-state index in [0.29, 0.717) is 0 Å². The minimum Gasteiger partial charge on any atom is -0.374 e. The molecule has 0 bridgehead atoms. The van der Waals surface area contributed by atoms with Crippen LogP contribution in [0.4, 0.5) is 0 Å². The molecule has 0 aromatic carbocycles. The van der Waals surface area contributed by atoms with Gasteiger partial charge in [-0.25, -0.2) is 0 Å². The minimum absolute atomic E-state index is 0.377. The number of amidine groups is 1. The molecule has 0 aromatic rings. The molecular formula is C21H42N2O. The zero-order chi connectivity index (χ0) is 17.5. The van der Waals surface area contributed by atoms with Gasteiger partial charge < -0.3 is 10.0 Å². The lowest BCUT2D eigenvalue weighted by atomic mass is 10.0. The van der Waals surface area contributed by atoms with Gasteiger partial charge in [-0.05, 0) is 13.3 Å². The summed E-state index contributed by atoms with van der Waals surface area (Å²) < 4.78 is 0. The van der Waals surface area contributed by atoms with Crippen LogP contribution in [0.3, 0.4) is 0 Å². The zero-order valence-corrected chi connectivity index (χ0v) is 16.4. The van der Waals surface area contributed by atoms with Crippen molar-refractivity contribution in [3.05, 3.63) is 0 Å². The van der Waals surface area contributed by atoms with Crippen molar-refractivity contribution in [3.63, 3.8) is 0 Å². The van der Waals surface area contributed by atoms with Crippen LogP contribution in [0, 0.1) is 0 Å². The smallest absolute Gasteiger partial charge is 0.125 e. The van der Waals surface area contributed by atoms with Gasteiger partial charge in [0.1, 0.15) is 12.1 Å². The van der Waals surface area contributed by atoms with E-state index in [4.69, 9.17) is 0 Å². The quantitative estimate of drug-likeness (QED) is 0.355. The molecule has 24 heavy (non-hydrogen) atoms. The Morgan fingerprint density at radius 1 is 0.833 bits per heavy atom. The van der Waals surface area contributed by atoms with Crippen molar-refractivity contribution in [2.75, 3.05) is 13.1 Å². The number of rotatable bonds is 16. The molecule has 0 radical (unpaired) electrons. The Bertz CT molecular complexity index is 315. The molecule has 0 aliphatic carbocycles. The SMILES string of the molecule is CCCCCCCCCCCCCCCCC1=NCCN1C(C)O. The van der Waals surface area contributed by atoms with E-state index in [0.717, 1.165) is 25.3 Å². The van der Waals surface area contributed by atoms with E-state index in [1.165, 1.54) is 89.9 Å². The summed E-state index contributed by atoms with van der Waals surface area (Å²) in [5.41, 5.74) is 0. The molecule has 1 aliphatic heterocycles. The second kappa shape index (κ2) is 14.7. The molecular weight excluding hydrogens is 296 g/mol. The third kappa shape index (κ3) is 10.3. The van der Waals surface area contributed by atoms with E-state index in [1.54, 1.807) is 0 Å². The summed E-state index contributed by atoms with van der Waals surface area (Å²) in [6, 6.07) is 0. The number of aliphatic imine (C=N–C) groups is 1. The maximum atomic E-state index is 9.68. The lowest BCUT2D eigenvalue weighted by molar-refractivity contribution is 0.0766. The lowest BCUT2D eigenvalue weighted by Crippen LogP contribution is -2.35. The van der Waals surface area contributed by atoms with Crippen LogP contribution >= 0.6 is 0 Å². The van der Waals surface area contributed by atoms with Gasteiger partial charge in [-0.1, -0.05) is 90.4 Å². The van der Waals surface area contributed by atoms with Gasteiger partial charge in [-0.15, -0.1) is 0 Å². The van der Waals surface area contributed by atoms with Crippen LogP contribution in [-0.4, -0.2) is 35.2 Å². The van der Waals surface area contributed by atoms with Crippen LogP contribution in [-0.2, 0) is 0 Å². The summed E-state index contributed by atoms with van der Waals surface area (Å²) in [5.74, 6) is 1.13. The van der Waals surface area contributed by atoms with Gasteiger partial charge in [0.15, 0.2) is 0 Å². The maximum Gasteiger partial charge on any atom is 0.125 e. The summed E-state index contributed by atoms with van der Waals surface area (Å²) in [6.45, 7) is 5.88. The number of nitrogens with zero attached hydrogens (tertiary/aromatic N) is 2. The number of hydrogen-bond acceptors (Lipinski definition) is 3. The molecule has 0 aromatic heterocycles. The van der Waals surface area contributed by atoms with Crippen LogP contribution in [0.15, 0.2) is 4.99 Å². The van der Waals surface area contributed by atoms with E-state index >= 15 is 0 Å². The van der Waals surface area contributed by atoms with Gasteiger partial charge in [-0.2, -0.15) is 0 Å². The molecule has 0 spiro atoms. The highest BCUT2D eigenvalue weighted by Crippen LogP contribution is 2.15. The fourth-order valence-electron chi connectivity index (χ4n) is 3.61. The molecule has 3 heteroatoms. The number of unbranched alkanes of at least 4 members (excludes halogenated alkanes) is 13. The van der Waals surface area contributed by atoms with Crippen LogP contribution < -0.4 is 0 Å². The molecule has 1 aliphatic rings. The van der Waals surface area contributed by atoms with Crippen molar-refractivity contribution in [1.82, 2.24) is 4.90 Å². The first-order valence-electron chi connectivity index (χ1n) is 10.7. The first-order valence-corrected chi connectivity index (χ1v) is 10.7. The standard InChI is InChI=1S/C21H42N2O/c1-3-4-5-6-7-8-9-10-11-12-13-14-15-16-17-21-22-18-19-23(21)20(2)24/h20,24H,3-19H2,1-2H3. The van der Waals surface area contributed by atoms with Gasteiger partial charge in [0, 0.05) is 13.0 Å². The molecule has 1 rings (SSSR count). The minimum atomic E-state index is -0.377. The van der Waals surface area contributed by atoms with Gasteiger partial charge in [0.05, 0.1) is 6.54 Å². The van der Waals surface area contributed by atoms with Crippen molar-refractivity contribution < 1.29 is 5.11 Å². The Balaban J connectivity index is 1.80. The Morgan fingerprint density at radius 2 is 1.29 bits per heavy atom. The summed E-state index contributed by atoms with van der Waals surface area (Å²) in [5, 5.41) is 9.68. The monoisotopic (exact) mass is 338 g/mol. The topological polar surface area (TPSA) is 35.8 Å². The van der Waals surface area contributed by atoms with Gasteiger partial charge in [-0.3, -0.25) is 4.99 Å². The Morgan fingerprint density at radius 3 is 1.75 bits per heavy atom. The summed E-state index contributed by atoms with van der Waals surface area (Å²) in [6.07, 6.45) is 20.2. The van der Waals surface area contributed by atoms with Crippen LogP contribution in [0.5, 0.6) is 0 Å². The van der Waals surface area contributed by atoms with Crippen molar-refractivity contribution in [2.24, 2.45) is 4.99 Å². The fourth-order valence-corrected chi connectivity index (χ4v) is 3.61. The van der Waals surface area contributed by atoms with Crippen LogP contribution in [0.2, 0.25) is 0 Å². The van der Waals surface area contributed by atoms with Gasteiger partial charge >= 0.3 is 0 Å². The van der Waals surface area contributed by atoms with Crippen LogP contribution in [0.25, 0.3) is 0 Å². The van der Waals surface area contributed by atoms with Crippen molar-refractivity contribution >= 4 is 5.84 Å². The van der Waals surface area contributed by atoms with Crippen molar-refractivity contribution in [1.29, 1.82) is 0 Å². The zero-order valence-electron chi connectivity index (χ0n) is 16.4. The van der Waals surface area contributed by atoms with Crippen molar-refractivity contribution in [3.8, 4) is 0 Å². The normalized spacial score (nSPS) is 15.8. The third-order valence-electron chi connectivity index (χ3n) is 5.17. The van der Waals surface area contributed by atoms with E-state index in [9.17, 15) is 5.11 Å². The second-order valence-electron chi connectivity index (χ2n) is 7.47. The molecule has 142 valence electrons. The molecule has 1 atom stereocenters. The number of aliphatic hydroxyl groups is 1. The first-order chi connectivity index (χ1) is 11.8. The predicted octanol–water partition coefficient (Wildman–Crippen LogP) is 5.91. The molecule has 1 unspecified atom stereocenters. The van der Waals surface area contributed by atoms with Crippen LogP contribution in [0.1, 0.15) is 110 Å². The molecule has 0 saturated carbocycles. The van der Waals surface area contributed by atoms with E-state index in [2.05, 4.69) is 11.9 Å². The van der Waals surface area contributed by atoms with E-state index < -0.39 is 0 Å². The van der Waals surface area contributed by atoms with Gasteiger partial charge in [0.2, 0.25) is 0 Å². The molecule has 0 fully saturated rings. The Labute approximate surface area is 150 Å². The summed E-state index contributed by atoms with van der Waals surface area (Å²) in [4.78, 5) is 6.56. The maximum absolute atomic E-state index is 9.68. The molecule has 0 amide bonds. The number of aliphatic hydroxyl groups excluding tert-OH is 1. The second-order valence-corrected chi connectivity index (χ2v) is 7.47. The van der Waals surface area contributed by atoms with E-state index in [-0.39, 0.29) is 6.23 Å². The van der Waals surface area contributed by atoms with Crippen molar-refractivity contribution in [2.45, 2.75) is 116 Å². The predicted molar refractivity (Wildman–Crippen MR) is 106 cm³/mol.